The molecule has 0 bridgehead atoms. The van der Waals surface area contributed by atoms with E-state index < -0.39 is 6.10 Å². The minimum Gasteiger partial charge on any atom is -0.462 e. The third kappa shape index (κ3) is 69.0. The van der Waals surface area contributed by atoms with Crippen LogP contribution >= 0.6 is 0 Å². The van der Waals surface area contributed by atoms with Crippen LogP contribution in [0.15, 0.2) is 97.2 Å². The van der Waals surface area contributed by atoms with Crippen molar-refractivity contribution < 1.29 is 28.6 Å². The second-order valence-electron chi connectivity index (χ2n) is 23.7. The number of hydrogen-bond acceptors (Lipinski definition) is 6. The molecule has 0 rings (SSSR count). The average Bonchev–Trinajstić information content (AvgIpc) is 3.49. The van der Waals surface area contributed by atoms with Gasteiger partial charge in [-0.3, -0.25) is 14.4 Å². The Hall–Kier alpha value is -3.67. The fourth-order valence-electron chi connectivity index (χ4n) is 10.3. The summed E-state index contributed by atoms with van der Waals surface area (Å²) < 4.78 is 17.0. The summed E-state index contributed by atoms with van der Waals surface area (Å²) >= 11 is 0. The van der Waals surface area contributed by atoms with Crippen LogP contribution in [0.2, 0.25) is 0 Å². The van der Waals surface area contributed by atoms with E-state index >= 15 is 0 Å². The van der Waals surface area contributed by atoms with Crippen molar-refractivity contribution in [2.45, 2.75) is 361 Å². The summed E-state index contributed by atoms with van der Waals surface area (Å²) in [6.07, 6.45) is 95.9. The fourth-order valence-corrected chi connectivity index (χ4v) is 10.3. The van der Waals surface area contributed by atoms with E-state index in [-0.39, 0.29) is 31.1 Å². The molecule has 0 aliphatic rings. The highest BCUT2D eigenvalue weighted by atomic mass is 16.6. The predicted molar refractivity (Wildman–Crippen MR) is 362 cm³/mol. The number of esters is 3. The van der Waals surface area contributed by atoms with Crippen molar-refractivity contribution in [3.05, 3.63) is 97.2 Å². The zero-order valence-electron chi connectivity index (χ0n) is 54.9. The Labute approximate surface area is 515 Å². The van der Waals surface area contributed by atoms with Gasteiger partial charge in [0.25, 0.3) is 0 Å². The van der Waals surface area contributed by atoms with E-state index in [2.05, 4.69) is 118 Å². The molecule has 83 heavy (non-hydrogen) atoms. The van der Waals surface area contributed by atoms with Crippen molar-refractivity contribution in [1.29, 1.82) is 0 Å². The summed E-state index contributed by atoms with van der Waals surface area (Å²) in [4.78, 5) is 38.4. The van der Waals surface area contributed by atoms with Crippen LogP contribution in [-0.4, -0.2) is 37.2 Å². The lowest BCUT2D eigenvalue weighted by Crippen LogP contribution is -2.30. The van der Waals surface area contributed by atoms with Crippen molar-refractivity contribution in [3.63, 3.8) is 0 Å². The quantitative estimate of drug-likeness (QED) is 0.0261. The van der Waals surface area contributed by atoms with Gasteiger partial charge in [0.1, 0.15) is 13.2 Å². The highest BCUT2D eigenvalue weighted by Gasteiger charge is 2.19. The number of rotatable bonds is 65. The lowest BCUT2D eigenvalue weighted by atomic mass is 10.0. The van der Waals surface area contributed by atoms with Crippen molar-refractivity contribution in [2.75, 3.05) is 13.2 Å². The molecule has 6 nitrogen and oxygen atoms in total. The fraction of sp³-hybridized carbons (Fsp3) is 0.753. The van der Waals surface area contributed by atoms with Gasteiger partial charge in [-0.1, -0.05) is 317 Å². The molecule has 0 spiro atoms. The molecule has 1 atom stereocenters. The molecule has 0 N–H and O–H groups in total. The Morgan fingerprint density at radius 2 is 0.470 bits per heavy atom. The molecule has 478 valence electrons. The minimum atomic E-state index is -0.791. The number of carbonyl (C=O) groups excluding carboxylic acids is 3. The summed E-state index contributed by atoms with van der Waals surface area (Å²) in [5.74, 6) is -0.899. The van der Waals surface area contributed by atoms with Crippen LogP contribution < -0.4 is 0 Å². The Morgan fingerprint density at radius 1 is 0.253 bits per heavy atom. The third-order valence-corrected chi connectivity index (χ3v) is 15.6. The van der Waals surface area contributed by atoms with Crippen LogP contribution in [0.5, 0.6) is 0 Å². The molecule has 0 amide bonds. The topological polar surface area (TPSA) is 78.9 Å². The van der Waals surface area contributed by atoms with Gasteiger partial charge in [0, 0.05) is 19.3 Å². The average molecular weight is 1160 g/mol. The van der Waals surface area contributed by atoms with E-state index in [4.69, 9.17) is 14.2 Å². The van der Waals surface area contributed by atoms with Crippen LogP contribution in [-0.2, 0) is 28.6 Å². The molecule has 0 radical (unpaired) electrons. The van der Waals surface area contributed by atoms with E-state index in [9.17, 15) is 14.4 Å². The molecule has 0 aromatic rings. The Morgan fingerprint density at radius 3 is 0.759 bits per heavy atom. The Balaban J connectivity index is 4.24. The van der Waals surface area contributed by atoms with Gasteiger partial charge in [-0.15, -0.1) is 0 Å². The monoisotopic (exact) mass is 1160 g/mol. The molecule has 0 saturated heterocycles. The normalized spacial score (nSPS) is 12.7. The SMILES string of the molecule is CC/C=C\C/C=C\C/C=C\C/C=C\CCCCCCCCCCCCCCCCCCC(=O)OCC(COC(=O)CCCCC/C=C\C/C=C\C/C=C\CC)OC(=O)CCCCCCCCCCCCC/C=C\CCCCCCCCCC. The lowest BCUT2D eigenvalue weighted by molar-refractivity contribution is -0.167. The molecule has 0 saturated carbocycles. The highest BCUT2D eigenvalue weighted by Crippen LogP contribution is 2.18. The number of carbonyl (C=O) groups is 3. The first-order valence-electron chi connectivity index (χ1n) is 35.7. The highest BCUT2D eigenvalue weighted by molar-refractivity contribution is 5.71. The third-order valence-electron chi connectivity index (χ3n) is 15.6. The number of ether oxygens (including phenoxy) is 3. The van der Waals surface area contributed by atoms with Crippen LogP contribution in [0, 0.1) is 0 Å². The molecule has 0 aromatic heterocycles. The molecule has 0 aliphatic heterocycles. The van der Waals surface area contributed by atoms with Gasteiger partial charge < -0.3 is 14.2 Å². The molecule has 1 unspecified atom stereocenters. The van der Waals surface area contributed by atoms with Gasteiger partial charge in [0.05, 0.1) is 0 Å². The Bertz CT molecular complexity index is 1610. The number of unbranched alkanes of at least 4 members (excludes halogenated alkanes) is 38. The van der Waals surface area contributed by atoms with E-state index in [1.54, 1.807) is 0 Å². The molecule has 0 heterocycles. The summed E-state index contributed by atoms with van der Waals surface area (Å²) in [6.45, 7) is 6.43. The van der Waals surface area contributed by atoms with E-state index in [1.807, 2.05) is 0 Å². The molecular weight excluding hydrogens is 1020 g/mol. The van der Waals surface area contributed by atoms with Crippen LogP contribution in [0.25, 0.3) is 0 Å². The van der Waals surface area contributed by atoms with E-state index in [0.29, 0.717) is 19.3 Å². The van der Waals surface area contributed by atoms with Crippen LogP contribution in [0.3, 0.4) is 0 Å². The molecular formula is C77H134O6. The van der Waals surface area contributed by atoms with Crippen molar-refractivity contribution >= 4 is 17.9 Å². The summed E-state index contributed by atoms with van der Waals surface area (Å²) in [7, 11) is 0. The standard InChI is InChI=1S/C77H134O6/c1-4-7-10-13-16-19-22-25-27-29-31-33-35-36-37-38-39-40-42-43-45-47-49-52-55-58-61-64-67-70-76(79)82-73-74(72-81-75(78)69-66-63-60-57-54-51-24-21-18-15-12-9-6-3)83-77(80)71-68-65-62-59-56-53-50-48-46-44-41-34-32-30-28-26-23-20-17-14-11-8-5-2/h7,9-10,12,16,18-19,21,25,27,30-33,51,54,74H,4-6,8,11,13-15,17,20,22-24,26,28-29,34-50,52-53,55-73H2,1-3H3/b10-7-,12-9-,19-16-,21-18-,27-25-,32-30-,33-31-,54-51-. The van der Waals surface area contributed by atoms with Gasteiger partial charge >= 0.3 is 17.9 Å². The first-order chi connectivity index (χ1) is 41.0. The minimum absolute atomic E-state index is 0.0843. The van der Waals surface area contributed by atoms with E-state index in [1.165, 1.54) is 205 Å². The van der Waals surface area contributed by atoms with Gasteiger partial charge in [-0.2, -0.15) is 0 Å². The maximum Gasteiger partial charge on any atom is 0.306 e. The van der Waals surface area contributed by atoms with Gasteiger partial charge in [0.15, 0.2) is 6.10 Å². The molecule has 0 aliphatic carbocycles. The summed E-state index contributed by atoms with van der Waals surface area (Å²) in [6, 6.07) is 0. The zero-order chi connectivity index (χ0) is 59.9. The zero-order valence-corrected chi connectivity index (χ0v) is 54.9. The maximum atomic E-state index is 13.0. The van der Waals surface area contributed by atoms with Gasteiger partial charge in [-0.25, -0.2) is 0 Å². The van der Waals surface area contributed by atoms with Crippen molar-refractivity contribution in [3.8, 4) is 0 Å². The van der Waals surface area contributed by atoms with Crippen molar-refractivity contribution in [1.82, 2.24) is 0 Å². The number of allylic oxidation sites excluding steroid dienone is 16. The molecule has 0 aromatic carbocycles. The largest absolute Gasteiger partial charge is 0.462 e. The predicted octanol–water partition coefficient (Wildman–Crippen LogP) is 24.8. The Kier molecular flexibility index (Phi) is 67.7. The smallest absolute Gasteiger partial charge is 0.306 e. The second kappa shape index (κ2) is 70.8. The van der Waals surface area contributed by atoms with E-state index in [0.717, 1.165) is 109 Å². The lowest BCUT2D eigenvalue weighted by Gasteiger charge is -2.18. The second-order valence-corrected chi connectivity index (χ2v) is 23.7. The van der Waals surface area contributed by atoms with Crippen LogP contribution in [0.1, 0.15) is 355 Å². The summed E-state index contributed by atoms with van der Waals surface area (Å²) in [5.41, 5.74) is 0. The van der Waals surface area contributed by atoms with Gasteiger partial charge in [-0.05, 0) is 116 Å². The molecule has 0 fully saturated rings. The molecule has 6 heteroatoms. The first-order valence-corrected chi connectivity index (χ1v) is 35.7. The van der Waals surface area contributed by atoms with Crippen LogP contribution in [0.4, 0.5) is 0 Å². The first kappa shape index (κ1) is 79.3. The van der Waals surface area contributed by atoms with Crippen molar-refractivity contribution in [2.24, 2.45) is 0 Å². The van der Waals surface area contributed by atoms with Gasteiger partial charge in [0.2, 0.25) is 0 Å². The summed E-state index contributed by atoms with van der Waals surface area (Å²) in [5, 5.41) is 0. The number of hydrogen-bond donors (Lipinski definition) is 0. The maximum absolute atomic E-state index is 13.0.